The summed E-state index contributed by atoms with van der Waals surface area (Å²) in [5, 5.41) is 0. The minimum Gasteiger partial charge on any atom is -0.490 e. The number of benzene rings is 1. The van der Waals surface area contributed by atoms with Crippen LogP contribution in [0.2, 0.25) is 0 Å². The molecular weight excluding hydrogens is 194 g/mol. The highest BCUT2D eigenvalue weighted by atomic mass is 16.6. The second-order valence-electron chi connectivity index (χ2n) is 3.14. The van der Waals surface area contributed by atoms with Gasteiger partial charge in [0.25, 0.3) is 0 Å². The Morgan fingerprint density at radius 3 is 2.40 bits per heavy atom. The summed E-state index contributed by atoms with van der Waals surface area (Å²) in [5.41, 5.74) is 0. The maximum Gasteiger partial charge on any atom is 0.414 e. The number of hydrogen-bond donors (Lipinski definition) is 0. The van der Waals surface area contributed by atoms with Crippen molar-refractivity contribution in [2.24, 2.45) is 0 Å². The lowest BCUT2D eigenvalue weighted by Crippen LogP contribution is -2.25. The zero-order chi connectivity index (χ0) is 11.3. The standard InChI is InChI=1S/C11H15NO3/c1-4-14-9-7-5-6-8-10(9)15-11(13)12(2)3/h5-8H,4H2,1-3H3. The summed E-state index contributed by atoms with van der Waals surface area (Å²) in [7, 11) is 3.26. The van der Waals surface area contributed by atoms with E-state index in [9.17, 15) is 4.79 Å². The van der Waals surface area contributed by atoms with Crippen LogP contribution in [-0.4, -0.2) is 31.7 Å². The van der Waals surface area contributed by atoms with Crippen molar-refractivity contribution >= 4 is 6.09 Å². The van der Waals surface area contributed by atoms with Gasteiger partial charge in [-0.15, -0.1) is 0 Å². The van der Waals surface area contributed by atoms with Gasteiger partial charge in [-0.2, -0.15) is 0 Å². The fourth-order valence-electron chi connectivity index (χ4n) is 0.995. The van der Waals surface area contributed by atoms with E-state index in [2.05, 4.69) is 0 Å². The van der Waals surface area contributed by atoms with E-state index in [-0.39, 0.29) is 0 Å². The van der Waals surface area contributed by atoms with Crippen LogP contribution in [0.15, 0.2) is 24.3 Å². The molecule has 0 saturated heterocycles. The number of hydrogen-bond acceptors (Lipinski definition) is 3. The number of rotatable bonds is 3. The average Bonchev–Trinajstić information content (AvgIpc) is 2.21. The van der Waals surface area contributed by atoms with E-state index in [4.69, 9.17) is 9.47 Å². The molecule has 0 saturated carbocycles. The summed E-state index contributed by atoms with van der Waals surface area (Å²) in [6, 6.07) is 7.09. The summed E-state index contributed by atoms with van der Waals surface area (Å²) in [4.78, 5) is 12.7. The SMILES string of the molecule is CCOc1ccccc1OC(=O)N(C)C. The Kier molecular flexibility index (Phi) is 3.97. The molecule has 1 aromatic rings. The molecule has 15 heavy (non-hydrogen) atoms. The van der Waals surface area contributed by atoms with Gasteiger partial charge in [0, 0.05) is 14.1 Å². The van der Waals surface area contributed by atoms with E-state index in [1.54, 1.807) is 32.3 Å². The minimum absolute atomic E-state index is 0.415. The molecule has 1 aromatic carbocycles. The molecule has 82 valence electrons. The van der Waals surface area contributed by atoms with Crippen molar-refractivity contribution in [1.82, 2.24) is 4.90 Å². The lowest BCUT2D eigenvalue weighted by molar-refractivity contribution is 0.169. The van der Waals surface area contributed by atoms with E-state index >= 15 is 0 Å². The van der Waals surface area contributed by atoms with Gasteiger partial charge in [-0.3, -0.25) is 0 Å². The highest BCUT2D eigenvalue weighted by Gasteiger charge is 2.10. The molecule has 4 nitrogen and oxygen atoms in total. The molecule has 0 N–H and O–H groups in total. The zero-order valence-corrected chi connectivity index (χ0v) is 9.19. The van der Waals surface area contributed by atoms with Crippen LogP contribution in [0.4, 0.5) is 4.79 Å². The van der Waals surface area contributed by atoms with Crippen molar-refractivity contribution in [3.05, 3.63) is 24.3 Å². The van der Waals surface area contributed by atoms with Crippen molar-refractivity contribution in [3.63, 3.8) is 0 Å². The van der Waals surface area contributed by atoms with Gasteiger partial charge in [0.15, 0.2) is 11.5 Å². The van der Waals surface area contributed by atoms with E-state index in [0.29, 0.717) is 18.1 Å². The normalized spacial score (nSPS) is 9.53. The minimum atomic E-state index is -0.415. The van der Waals surface area contributed by atoms with Gasteiger partial charge in [0.2, 0.25) is 0 Å². The van der Waals surface area contributed by atoms with Gasteiger partial charge in [-0.1, -0.05) is 12.1 Å². The fraction of sp³-hybridized carbons (Fsp3) is 0.364. The second-order valence-corrected chi connectivity index (χ2v) is 3.14. The molecule has 0 aliphatic rings. The van der Waals surface area contributed by atoms with Crippen LogP contribution in [0.3, 0.4) is 0 Å². The third kappa shape index (κ3) is 3.16. The van der Waals surface area contributed by atoms with Crippen LogP contribution < -0.4 is 9.47 Å². The maximum atomic E-state index is 11.3. The van der Waals surface area contributed by atoms with Crippen molar-refractivity contribution in [2.45, 2.75) is 6.92 Å². The van der Waals surface area contributed by atoms with Crippen molar-refractivity contribution in [3.8, 4) is 11.5 Å². The van der Waals surface area contributed by atoms with Crippen molar-refractivity contribution in [2.75, 3.05) is 20.7 Å². The van der Waals surface area contributed by atoms with Gasteiger partial charge in [0.05, 0.1) is 6.61 Å². The molecular formula is C11H15NO3. The monoisotopic (exact) mass is 209 g/mol. The molecule has 0 heterocycles. The first-order chi connectivity index (χ1) is 7.15. The molecule has 0 aliphatic carbocycles. The Hall–Kier alpha value is -1.71. The molecule has 0 fully saturated rings. The topological polar surface area (TPSA) is 38.8 Å². The quantitative estimate of drug-likeness (QED) is 0.765. The number of ether oxygens (including phenoxy) is 2. The molecule has 0 unspecified atom stereocenters. The summed E-state index contributed by atoms with van der Waals surface area (Å²) < 4.78 is 10.4. The molecule has 4 heteroatoms. The largest absolute Gasteiger partial charge is 0.490 e. The Bertz CT molecular complexity index is 336. The van der Waals surface area contributed by atoms with Gasteiger partial charge < -0.3 is 14.4 Å². The predicted octanol–water partition coefficient (Wildman–Crippen LogP) is 2.15. The summed E-state index contributed by atoms with van der Waals surface area (Å²) in [6.07, 6.45) is -0.415. The molecule has 0 spiro atoms. The first kappa shape index (κ1) is 11.4. The Balaban J connectivity index is 2.79. The highest BCUT2D eigenvalue weighted by molar-refractivity contribution is 5.70. The Morgan fingerprint density at radius 1 is 1.27 bits per heavy atom. The smallest absolute Gasteiger partial charge is 0.414 e. The molecule has 1 amide bonds. The average molecular weight is 209 g/mol. The molecule has 0 aromatic heterocycles. The summed E-state index contributed by atoms with van der Waals surface area (Å²) in [5.74, 6) is 1.02. The van der Waals surface area contributed by atoms with Crippen molar-refractivity contribution in [1.29, 1.82) is 0 Å². The van der Waals surface area contributed by atoms with Crippen LogP contribution in [0.1, 0.15) is 6.92 Å². The van der Waals surface area contributed by atoms with E-state index in [1.807, 2.05) is 13.0 Å². The lowest BCUT2D eigenvalue weighted by atomic mass is 10.3. The van der Waals surface area contributed by atoms with Gasteiger partial charge in [0.1, 0.15) is 0 Å². The highest BCUT2D eigenvalue weighted by Crippen LogP contribution is 2.26. The molecule has 0 atom stereocenters. The van der Waals surface area contributed by atoms with Crippen LogP contribution in [0.25, 0.3) is 0 Å². The van der Waals surface area contributed by atoms with Crippen LogP contribution >= 0.6 is 0 Å². The Morgan fingerprint density at radius 2 is 1.87 bits per heavy atom. The molecule has 0 aliphatic heterocycles. The van der Waals surface area contributed by atoms with E-state index in [0.717, 1.165) is 0 Å². The zero-order valence-electron chi connectivity index (χ0n) is 9.19. The number of carbonyl (C=O) groups is 1. The Labute approximate surface area is 89.4 Å². The van der Waals surface area contributed by atoms with Gasteiger partial charge in [-0.05, 0) is 19.1 Å². The third-order valence-electron chi connectivity index (χ3n) is 1.71. The fourth-order valence-corrected chi connectivity index (χ4v) is 0.995. The maximum absolute atomic E-state index is 11.3. The predicted molar refractivity (Wildman–Crippen MR) is 57.3 cm³/mol. The summed E-state index contributed by atoms with van der Waals surface area (Å²) in [6.45, 7) is 2.42. The third-order valence-corrected chi connectivity index (χ3v) is 1.71. The first-order valence-electron chi connectivity index (χ1n) is 4.76. The van der Waals surface area contributed by atoms with E-state index in [1.165, 1.54) is 4.90 Å². The molecule has 1 rings (SSSR count). The molecule has 0 radical (unpaired) electrons. The van der Waals surface area contributed by atoms with E-state index < -0.39 is 6.09 Å². The van der Waals surface area contributed by atoms with Gasteiger partial charge >= 0.3 is 6.09 Å². The first-order valence-corrected chi connectivity index (χ1v) is 4.76. The number of para-hydroxylation sites is 2. The van der Waals surface area contributed by atoms with Crippen molar-refractivity contribution < 1.29 is 14.3 Å². The summed E-state index contributed by atoms with van der Waals surface area (Å²) >= 11 is 0. The number of nitrogens with zero attached hydrogens (tertiary/aromatic N) is 1. The number of amides is 1. The number of carbonyl (C=O) groups excluding carboxylic acids is 1. The van der Waals surface area contributed by atoms with Crippen LogP contribution in [0, 0.1) is 0 Å². The lowest BCUT2D eigenvalue weighted by Gasteiger charge is -2.13. The molecule has 0 bridgehead atoms. The van der Waals surface area contributed by atoms with Crippen LogP contribution in [-0.2, 0) is 0 Å². The van der Waals surface area contributed by atoms with Gasteiger partial charge in [-0.25, -0.2) is 4.79 Å². The second kappa shape index (κ2) is 5.24. The van der Waals surface area contributed by atoms with Crippen LogP contribution in [0.5, 0.6) is 11.5 Å².